The second-order valence-corrected chi connectivity index (χ2v) is 9.54. The van der Waals surface area contributed by atoms with E-state index in [2.05, 4.69) is 25.0 Å². The van der Waals surface area contributed by atoms with Crippen LogP contribution in [0.3, 0.4) is 0 Å². The molecule has 0 spiro atoms. The summed E-state index contributed by atoms with van der Waals surface area (Å²) in [5.74, 6) is 0.839. The Morgan fingerprint density at radius 3 is 2.65 bits per heavy atom. The van der Waals surface area contributed by atoms with Gasteiger partial charge in [0.2, 0.25) is 5.95 Å². The fourth-order valence-corrected chi connectivity index (χ4v) is 4.84. The number of ether oxygens (including phenoxy) is 2. The molecular weight excluding hydrogens is 484 g/mol. The number of aromatic nitrogens is 4. The normalized spacial score (nSPS) is 20.5. The Morgan fingerprint density at radius 1 is 1.11 bits per heavy atom. The first kappa shape index (κ1) is 25.3. The molecule has 1 aromatic carbocycles. The van der Waals surface area contributed by atoms with E-state index in [1.165, 1.54) is 6.07 Å². The number of piperidine rings is 1. The Balaban J connectivity index is 1.09. The molecule has 2 saturated heterocycles. The molecule has 3 aromatic rings. The van der Waals surface area contributed by atoms with Gasteiger partial charge in [-0.1, -0.05) is 5.16 Å². The van der Waals surface area contributed by atoms with Crippen LogP contribution in [0.2, 0.25) is 0 Å². The number of methoxy groups -OCH3 is 1. The molecule has 37 heavy (non-hydrogen) atoms. The average Bonchev–Trinajstić information content (AvgIpc) is 3.55. The molecule has 0 bridgehead atoms. The first-order valence-corrected chi connectivity index (χ1v) is 12.5. The van der Waals surface area contributed by atoms with Gasteiger partial charge in [-0.3, -0.25) is 0 Å². The van der Waals surface area contributed by atoms with Crippen LogP contribution < -0.4 is 20.3 Å². The van der Waals surface area contributed by atoms with Crippen molar-refractivity contribution in [1.29, 1.82) is 0 Å². The van der Waals surface area contributed by atoms with Gasteiger partial charge in [-0.25, -0.2) is 18.7 Å². The van der Waals surface area contributed by atoms with Crippen LogP contribution in [-0.4, -0.2) is 72.7 Å². The topological polar surface area (TPSA) is 116 Å². The Labute approximate surface area is 213 Å². The van der Waals surface area contributed by atoms with Gasteiger partial charge in [0.25, 0.3) is 0 Å². The summed E-state index contributed by atoms with van der Waals surface area (Å²) in [4.78, 5) is 17.3. The standard InChI is InChI=1S/C25H31F2N7O3/c1-35-9-6-23-31-25(37-32-23)33-7-4-16(5-8-33)15-36-18-11-29-24(30-12-18)34-13-20(22(28)14-34)19-10-17(26)2-3-21(19)27/h2-3,10-12,16,20,22H,4-9,13-15,28H2,1H3/t20-,22+/m1/s1. The van der Waals surface area contributed by atoms with Gasteiger partial charge in [0.15, 0.2) is 11.6 Å². The van der Waals surface area contributed by atoms with Crippen LogP contribution in [0.5, 0.6) is 5.75 Å². The number of benzene rings is 1. The van der Waals surface area contributed by atoms with E-state index in [9.17, 15) is 8.78 Å². The second kappa shape index (κ2) is 11.3. The van der Waals surface area contributed by atoms with Crippen molar-refractivity contribution in [3.8, 4) is 5.75 Å². The highest BCUT2D eigenvalue weighted by molar-refractivity contribution is 5.39. The summed E-state index contributed by atoms with van der Waals surface area (Å²) < 4.78 is 44.3. The van der Waals surface area contributed by atoms with Crippen molar-refractivity contribution >= 4 is 12.0 Å². The fraction of sp³-hybridized carbons (Fsp3) is 0.520. The van der Waals surface area contributed by atoms with Gasteiger partial charge in [-0.2, -0.15) is 4.98 Å². The van der Waals surface area contributed by atoms with Crippen molar-refractivity contribution in [2.45, 2.75) is 31.2 Å². The monoisotopic (exact) mass is 515 g/mol. The molecular formula is C25H31F2N7O3. The Hall–Kier alpha value is -3.38. The van der Waals surface area contributed by atoms with Crippen molar-refractivity contribution < 1.29 is 22.8 Å². The van der Waals surface area contributed by atoms with E-state index >= 15 is 0 Å². The molecule has 0 unspecified atom stereocenters. The lowest BCUT2D eigenvalue weighted by molar-refractivity contribution is 0.199. The van der Waals surface area contributed by atoms with E-state index in [1.54, 1.807) is 19.5 Å². The van der Waals surface area contributed by atoms with Gasteiger partial charge in [-0.15, -0.1) is 0 Å². The molecule has 198 valence electrons. The van der Waals surface area contributed by atoms with Crippen LogP contribution in [0.4, 0.5) is 20.7 Å². The number of rotatable bonds is 9. The van der Waals surface area contributed by atoms with E-state index in [0.717, 1.165) is 38.1 Å². The summed E-state index contributed by atoms with van der Waals surface area (Å²) in [5, 5.41) is 4.00. The molecule has 2 aromatic heterocycles. The van der Waals surface area contributed by atoms with Crippen molar-refractivity contribution in [3.05, 3.63) is 53.6 Å². The van der Waals surface area contributed by atoms with Crippen LogP contribution in [0.25, 0.3) is 0 Å². The maximum absolute atomic E-state index is 14.3. The molecule has 2 atom stereocenters. The second-order valence-electron chi connectivity index (χ2n) is 9.54. The van der Waals surface area contributed by atoms with Crippen LogP contribution in [-0.2, 0) is 11.2 Å². The smallest absolute Gasteiger partial charge is 0.324 e. The van der Waals surface area contributed by atoms with Crippen molar-refractivity contribution in [2.75, 3.05) is 56.3 Å². The number of nitrogens with zero attached hydrogens (tertiary/aromatic N) is 6. The number of hydrogen-bond acceptors (Lipinski definition) is 10. The minimum atomic E-state index is -0.479. The van der Waals surface area contributed by atoms with Gasteiger partial charge in [0.1, 0.15) is 11.6 Å². The predicted molar refractivity (Wildman–Crippen MR) is 132 cm³/mol. The number of hydrogen-bond donors (Lipinski definition) is 1. The predicted octanol–water partition coefficient (Wildman–Crippen LogP) is 2.55. The lowest BCUT2D eigenvalue weighted by Crippen LogP contribution is -2.35. The van der Waals surface area contributed by atoms with Crippen LogP contribution in [0, 0.1) is 17.6 Å². The first-order chi connectivity index (χ1) is 18.0. The minimum absolute atomic E-state index is 0.284. The van der Waals surface area contributed by atoms with Gasteiger partial charge in [-0.05, 0) is 42.5 Å². The Morgan fingerprint density at radius 2 is 1.89 bits per heavy atom. The number of anilines is 2. The zero-order valence-electron chi connectivity index (χ0n) is 20.7. The van der Waals surface area contributed by atoms with Crippen LogP contribution in [0.15, 0.2) is 35.1 Å². The molecule has 2 fully saturated rings. The lowest BCUT2D eigenvalue weighted by Gasteiger charge is -2.30. The molecule has 5 rings (SSSR count). The molecule has 0 aliphatic carbocycles. The average molecular weight is 516 g/mol. The first-order valence-electron chi connectivity index (χ1n) is 12.5. The largest absolute Gasteiger partial charge is 0.490 e. The molecule has 2 aliphatic heterocycles. The highest BCUT2D eigenvalue weighted by atomic mass is 19.1. The van der Waals surface area contributed by atoms with E-state index in [0.29, 0.717) is 62.2 Å². The Bertz CT molecular complexity index is 1170. The fourth-order valence-electron chi connectivity index (χ4n) is 4.84. The van der Waals surface area contributed by atoms with E-state index in [1.807, 2.05) is 4.90 Å². The van der Waals surface area contributed by atoms with Crippen molar-refractivity contribution in [1.82, 2.24) is 20.1 Å². The summed E-state index contributed by atoms with van der Waals surface area (Å²) in [6.45, 7) is 3.62. The maximum atomic E-state index is 14.3. The number of halogens is 2. The molecule has 10 nitrogen and oxygen atoms in total. The number of nitrogens with two attached hydrogens (primary N) is 1. The van der Waals surface area contributed by atoms with Crippen molar-refractivity contribution in [3.63, 3.8) is 0 Å². The lowest BCUT2D eigenvalue weighted by atomic mass is 9.94. The van der Waals surface area contributed by atoms with Gasteiger partial charge < -0.3 is 29.5 Å². The molecule has 0 amide bonds. The summed E-state index contributed by atoms with van der Waals surface area (Å²) in [5.41, 5.74) is 6.54. The maximum Gasteiger partial charge on any atom is 0.324 e. The van der Waals surface area contributed by atoms with E-state index in [4.69, 9.17) is 19.7 Å². The van der Waals surface area contributed by atoms with E-state index in [-0.39, 0.29) is 17.5 Å². The molecule has 2 N–H and O–H groups in total. The van der Waals surface area contributed by atoms with Crippen molar-refractivity contribution in [2.24, 2.45) is 11.7 Å². The quantitative estimate of drug-likeness (QED) is 0.456. The van der Waals surface area contributed by atoms with Gasteiger partial charge in [0.05, 0.1) is 25.6 Å². The highest BCUT2D eigenvalue weighted by Crippen LogP contribution is 2.31. The highest BCUT2D eigenvalue weighted by Gasteiger charge is 2.34. The minimum Gasteiger partial charge on any atom is -0.490 e. The SMILES string of the molecule is COCCc1noc(N2CCC(COc3cnc(N4C[C@H](c5cc(F)ccc5F)[C@@H](N)C4)nc3)CC2)n1. The summed E-state index contributed by atoms with van der Waals surface area (Å²) in [7, 11) is 1.65. The van der Waals surface area contributed by atoms with E-state index < -0.39 is 11.6 Å². The zero-order chi connectivity index (χ0) is 25.8. The third-order valence-corrected chi connectivity index (χ3v) is 6.98. The third kappa shape index (κ3) is 5.96. The summed E-state index contributed by atoms with van der Waals surface area (Å²) in [6, 6.07) is 3.66. The third-order valence-electron chi connectivity index (χ3n) is 6.98. The molecule has 4 heterocycles. The van der Waals surface area contributed by atoms with Crippen LogP contribution >= 0.6 is 0 Å². The van der Waals surface area contributed by atoms with Gasteiger partial charge in [0, 0.05) is 51.7 Å². The molecule has 0 radical (unpaired) electrons. The van der Waals surface area contributed by atoms with Crippen LogP contribution in [0.1, 0.15) is 30.1 Å². The molecule has 0 saturated carbocycles. The van der Waals surface area contributed by atoms with Gasteiger partial charge >= 0.3 is 6.01 Å². The molecule has 12 heteroatoms. The zero-order valence-corrected chi connectivity index (χ0v) is 20.7. The summed E-state index contributed by atoms with van der Waals surface area (Å²) >= 11 is 0. The summed E-state index contributed by atoms with van der Waals surface area (Å²) in [6.07, 6.45) is 5.79. The Kier molecular flexibility index (Phi) is 7.75. The molecule has 2 aliphatic rings.